The summed E-state index contributed by atoms with van der Waals surface area (Å²) in [4.78, 5) is 0. The van der Waals surface area contributed by atoms with Crippen LogP contribution in [-0.4, -0.2) is 15.9 Å². The maximum atomic E-state index is 9.47. The number of hydrogen-bond acceptors (Lipinski definition) is 1. The first kappa shape index (κ1) is 22.2. The number of fused-ring (bicyclic) bond motifs is 10. The smallest absolute Gasteiger partial charge is 0.333 e. The van der Waals surface area contributed by atoms with Gasteiger partial charge in [-0.25, -0.2) is 0 Å². The summed E-state index contributed by atoms with van der Waals surface area (Å²) < 4.78 is 5.13. The monoisotopic (exact) mass is 531 g/mol. The van der Waals surface area contributed by atoms with Crippen molar-refractivity contribution in [1.82, 2.24) is 9.05 Å². The van der Waals surface area contributed by atoms with Gasteiger partial charge >= 0.3 is 6.85 Å². The molecule has 0 aliphatic carbocycles. The van der Waals surface area contributed by atoms with Crippen LogP contribution in [0.15, 0.2) is 115 Å². The van der Waals surface area contributed by atoms with Crippen molar-refractivity contribution in [2.45, 2.75) is 6.92 Å². The third kappa shape index (κ3) is 2.49. The van der Waals surface area contributed by atoms with E-state index < -0.39 is 0 Å². The van der Waals surface area contributed by atoms with Crippen molar-refractivity contribution in [3.05, 3.63) is 126 Å². The summed E-state index contributed by atoms with van der Waals surface area (Å²) in [5.74, 6) is 0. The number of para-hydroxylation sites is 4. The number of benzene rings is 6. The largest absolute Gasteiger partial charge is 0.375 e. The van der Waals surface area contributed by atoms with E-state index in [2.05, 4.69) is 125 Å². The van der Waals surface area contributed by atoms with E-state index in [1.54, 1.807) is 0 Å². The molecule has 10 rings (SSSR count). The second-order valence-electron chi connectivity index (χ2n) is 11.6. The van der Waals surface area contributed by atoms with Crippen LogP contribution in [0.3, 0.4) is 0 Å². The van der Waals surface area contributed by atoms with Gasteiger partial charge in [-0.2, -0.15) is 5.26 Å². The molecule has 0 radical (unpaired) electrons. The Morgan fingerprint density at radius 2 is 1.31 bits per heavy atom. The van der Waals surface area contributed by atoms with Gasteiger partial charge in [-0.05, 0) is 70.4 Å². The molecule has 0 unspecified atom stereocenters. The summed E-state index contributed by atoms with van der Waals surface area (Å²) in [5.41, 5.74) is 16.0. The first-order valence-corrected chi connectivity index (χ1v) is 14.5. The minimum Gasteiger partial charge on any atom is -0.375 e. The number of hydrogen-bond donors (Lipinski definition) is 0. The van der Waals surface area contributed by atoms with Crippen molar-refractivity contribution in [1.29, 1.82) is 5.26 Å². The van der Waals surface area contributed by atoms with Crippen LogP contribution in [0.1, 0.15) is 11.1 Å². The number of nitrogens with zero attached hydrogens (tertiary/aromatic N) is 3. The molecule has 42 heavy (non-hydrogen) atoms. The molecule has 0 spiro atoms. The standard InChI is InChI=1S/C38H22BN3/c1-22-30(24-18-16-23(21-40)17-19-24)20-34-36-35(22)29-12-6-10-27-26-9-3-5-15-33(26)42(37(27)29)39(36)31-13-7-11-28-25-8-2-4-14-32(25)41(34)38(28)31/h2-20H,1H3. The first-order chi connectivity index (χ1) is 20.7. The summed E-state index contributed by atoms with van der Waals surface area (Å²) >= 11 is 0. The molecule has 6 aromatic carbocycles. The minimum atomic E-state index is 0.0570. The van der Waals surface area contributed by atoms with E-state index in [4.69, 9.17) is 0 Å². The average molecular weight is 531 g/mol. The molecule has 0 amide bonds. The summed E-state index contributed by atoms with van der Waals surface area (Å²) in [6.07, 6.45) is 0. The Kier molecular flexibility index (Phi) is 4.02. The van der Waals surface area contributed by atoms with Gasteiger partial charge in [-0.3, -0.25) is 0 Å². The molecule has 192 valence electrons. The third-order valence-corrected chi connectivity index (χ3v) is 9.72. The molecule has 0 saturated heterocycles. The second-order valence-corrected chi connectivity index (χ2v) is 11.6. The van der Waals surface area contributed by atoms with Crippen LogP contribution >= 0.6 is 0 Å². The van der Waals surface area contributed by atoms with Crippen LogP contribution in [0, 0.1) is 18.3 Å². The second kappa shape index (κ2) is 7.60. The van der Waals surface area contributed by atoms with Crippen LogP contribution in [0.2, 0.25) is 0 Å². The Hall–Kier alpha value is -5.53. The van der Waals surface area contributed by atoms with E-state index in [0.717, 1.165) is 5.56 Å². The minimum absolute atomic E-state index is 0.0570. The summed E-state index contributed by atoms with van der Waals surface area (Å²) in [5, 5.41) is 14.6. The Balaban J connectivity index is 1.47. The highest BCUT2D eigenvalue weighted by Crippen LogP contribution is 2.45. The van der Waals surface area contributed by atoms with Crippen molar-refractivity contribution in [2.24, 2.45) is 0 Å². The number of aromatic nitrogens is 2. The lowest BCUT2D eigenvalue weighted by molar-refractivity contribution is 1.17. The highest BCUT2D eigenvalue weighted by Gasteiger charge is 2.42. The Morgan fingerprint density at radius 3 is 2.10 bits per heavy atom. The quantitative estimate of drug-likeness (QED) is 0.200. The van der Waals surface area contributed by atoms with Crippen LogP contribution in [0.25, 0.3) is 71.6 Å². The maximum absolute atomic E-state index is 9.47. The molecule has 0 fully saturated rings. The van der Waals surface area contributed by atoms with Crippen LogP contribution < -0.4 is 10.9 Å². The van der Waals surface area contributed by atoms with E-state index in [1.165, 1.54) is 82.5 Å². The fourth-order valence-electron chi connectivity index (χ4n) is 8.08. The lowest BCUT2D eigenvalue weighted by Gasteiger charge is -2.35. The molecule has 2 aromatic heterocycles. The van der Waals surface area contributed by atoms with E-state index in [9.17, 15) is 5.26 Å². The Morgan fingerprint density at radius 1 is 0.643 bits per heavy atom. The van der Waals surface area contributed by atoms with Crippen molar-refractivity contribution < 1.29 is 0 Å². The highest BCUT2D eigenvalue weighted by molar-refractivity contribution is 6.90. The Labute approximate surface area is 242 Å². The van der Waals surface area contributed by atoms with Gasteiger partial charge in [0.25, 0.3) is 0 Å². The SMILES string of the molecule is Cc1c(-c2ccc(C#N)cc2)cc2c3c1-c1cccc4c5ccccc5n(c14)B3c1cccc3c4ccccc4n-2c13. The maximum Gasteiger partial charge on any atom is 0.333 e. The van der Waals surface area contributed by atoms with Gasteiger partial charge in [0.1, 0.15) is 0 Å². The number of nitriles is 1. The molecular weight excluding hydrogens is 509 g/mol. The zero-order valence-electron chi connectivity index (χ0n) is 22.9. The predicted molar refractivity (Wildman–Crippen MR) is 175 cm³/mol. The van der Waals surface area contributed by atoms with Gasteiger partial charge in [0.15, 0.2) is 0 Å². The van der Waals surface area contributed by atoms with Crippen molar-refractivity contribution in [3.63, 3.8) is 0 Å². The molecule has 3 nitrogen and oxygen atoms in total. The average Bonchev–Trinajstić information content (AvgIpc) is 3.56. The van der Waals surface area contributed by atoms with E-state index in [1.807, 2.05) is 12.1 Å². The third-order valence-electron chi connectivity index (χ3n) is 9.72. The molecule has 0 saturated carbocycles. The highest BCUT2D eigenvalue weighted by atomic mass is 15.0. The fraction of sp³-hybridized carbons (Fsp3) is 0.0263. The van der Waals surface area contributed by atoms with Crippen molar-refractivity contribution in [2.75, 3.05) is 0 Å². The van der Waals surface area contributed by atoms with Gasteiger partial charge in [0, 0.05) is 43.8 Å². The van der Waals surface area contributed by atoms with Crippen LogP contribution in [0.5, 0.6) is 0 Å². The molecule has 0 bridgehead atoms. The zero-order valence-corrected chi connectivity index (χ0v) is 22.9. The van der Waals surface area contributed by atoms with Crippen molar-refractivity contribution >= 4 is 61.4 Å². The van der Waals surface area contributed by atoms with E-state index >= 15 is 0 Å². The molecule has 0 N–H and O–H groups in total. The van der Waals surface area contributed by atoms with Crippen molar-refractivity contribution in [3.8, 4) is 34.0 Å². The van der Waals surface area contributed by atoms with Crippen LogP contribution in [-0.2, 0) is 0 Å². The normalized spacial score (nSPS) is 12.8. The van der Waals surface area contributed by atoms with E-state index in [0.29, 0.717) is 5.56 Å². The lowest BCUT2D eigenvalue weighted by atomic mass is 9.45. The number of rotatable bonds is 1. The predicted octanol–water partition coefficient (Wildman–Crippen LogP) is 7.69. The topological polar surface area (TPSA) is 33.6 Å². The van der Waals surface area contributed by atoms with Gasteiger partial charge in [-0.1, -0.05) is 84.9 Å². The molecule has 2 aliphatic heterocycles. The van der Waals surface area contributed by atoms with Gasteiger partial charge in [0.05, 0.1) is 22.7 Å². The summed E-state index contributed by atoms with van der Waals surface area (Å²) in [6, 6.07) is 44.1. The molecule has 4 heterocycles. The fourth-order valence-corrected chi connectivity index (χ4v) is 8.08. The summed E-state index contributed by atoms with van der Waals surface area (Å²) in [6.45, 7) is 2.34. The van der Waals surface area contributed by atoms with Gasteiger partial charge in [0.2, 0.25) is 0 Å². The van der Waals surface area contributed by atoms with Crippen LogP contribution in [0.4, 0.5) is 0 Å². The van der Waals surface area contributed by atoms with Gasteiger partial charge < -0.3 is 9.05 Å². The summed E-state index contributed by atoms with van der Waals surface area (Å²) in [7, 11) is 0. The molecule has 0 atom stereocenters. The Bertz CT molecular complexity index is 2540. The molecular formula is C38H22BN3. The molecule has 8 aromatic rings. The zero-order chi connectivity index (χ0) is 27.7. The first-order valence-electron chi connectivity index (χ1n) is 14.5. The lowest BCUT2D eigenvalue weighted by Crippen LogP contribution is -2.55. The molecule has 4 heteroatoms. The van der Waals surface area contributed by atoms with Gasteiger partial charge in [-0.15, -0.1) is 0 Å². The molecule has 2 aliphatic rings. The van der Waals surface area contributed by atoms with E-state index in [-0.39, 0.29) is 6.85 Å².